The van der Waals surface area contributed by atoms with Crippen LogP contribution in [0.25, 0.3) is 11.1 Å². The van der Waals surface area contributed by atoms with Crippen LogP contribution in [0.1, 0.15) is 12.8 Å². The number of carbonyl (C=O) groups excluding carboxylic acids is 1. The van der Waals surface area contributed by atoms with Crippen LogP contribution in [0.5, 0.6) is 5.75 Å². The lowest BCUT2D eigenvalue weighted by Crippen LogP contribution is -2.43. The van der Waals surface area contributed by atoms with Gasteiger partial charge in [0.15, 0.2) is 0 Å². The first-order valence-electron chi connectivity index (χ1n) is 11.4. The van der Waals surface area contributed by atoms with Crippen molar-refractivity contribution in [3.63, 3.8) is 0 Å². The third-order valence-corrected chi connectivity index (χ3v) is 9.35. The number of ether oxygens (including phenoxy) is 1. The fourth-order valence-corrected chi connectivity index (χ4v) is 7.03. The topological polar surface area (TPSA) is 75.7 Å². The van der Waals surface area contributed by atoms with Gasteiger partial charge in [-0.05, 0) is 58.6 Å². The lowest BCUT2D eigenvalue weighted by Gasteiger charge is -2.30. The average molecular weight is 622 g/mol. The van der Waals surface area contributed by atoms with E-state index in [1.54, 1.807) is 18.2 Å². The molecule has 1 N–H and O–H groups in total. The Labute approximate surface area is 223 Å². The number of hydrogen-bond donors (Lipinski definition) is 1. The number of nitrogens with one attached hydrogen (secondary N) is 1. The zero-order valence-corrected chi connectivity index (χ0v) is 23.0. The number of carbonyl (C=O) groups is 1. The van der Waals surface area contributed by atoms with Gasteiger partial charge in [0.1, 0.15) is 12.4 Å². The van der Waals surface area contributed by atoms with E-state index in [0.717, 1.165) is 16.9 Å². The molecule has 3 aromatic rings. The van der Waals surface area contributed by atoms with Crippen LogP contribution in [-0.2, 0) is 14.8 Å². The zero-order valence-electron chi connectivity index (χ0n) is 19.0. The van der Waals surface area contributed by atoms with Crippen molar-refractivity contribution in [1.82, 2.24) is 9.62 Å². The Bertz CT molecular complexity index is 1280. The summed E-state index contributed by atoms with van der Waals surface area (Å²) in [7, 11) is -3.64. The molecule has 0 unspecified atom stereocenters. The minimum absolute atomic E-state index is 0.0642. The number of para-hydroxylation sites is 1. The summed E-state index contributed by atoms with van der Waals surface area (Å²) in [5.41, 5.74) is 2.08. The van der Waals surface area contributed by atoms with Gasteiger partial charge < -0.3 is 10.1 Å². The van der Waals surface area contributed by atoms with Crippen molar-refractivity contribution in [3.05, 3.63) is 81.7 Å². The van der Waals surface area contributed by atoms with Crippen LogP contribution in [0.3, 0.4) is 0 Å². The standard InChI is InChI=1S/C26H26Br2N2O4S/c27-21-10-11-23(28)25(18-21)35(32,33)30-15-12-20(13-16-30)26(31)29-14-17-34-24-9-5-4-8-22(24)19-6-2-1-3-7-19/h1-11,18,20H,12-17H2,(H,29,31). The fourth-order valence-electron chi connectivity index (χ4n) is 4.10. The molecule has 0 atom stereocenters. The molecule has 1 aliphatic heterocycles. The highest BCUT2D eigenvalue weighted by Gasteiger charge is 2.33. The number of halogens is 2. The molecular formula is C26H26Br2N2O4S. The van der Waals surface area contributed by atoms with E-state index in [-0.39, 0.29) is 16.7 Å². The van der Waals surface area contributed by atoms with Crippen LogP contribution in [0.2, 0.25) is 0 Å². The van der Waals surface area contributed by atoms with Crippen molar-refractivity contribution < 1.29 is 17.9 Å². The molecular weight excluding hydrogens is 596 g/mol. The molecule has 1 amide bonds. The number of rotatable bonds is 8. The van der Waals surface area contributed by atoms with E-state index in [1.807, 2.05) is 54.6 Å². The Morgan fingerprint density at radius 3 is 2.40 bits per heavy atom. The molecule has 35 heavy (non-hydrogen) atoms. The van der Waals surface area contributed by atoms with Gasteiger partial charge in [-0.1, -0.05) is 64.5 Å². The van der Waals surface area contributed by atoms with Crippen molar-refractivity contribution in [1.29, 1.82) is 0 Å². The normalized spacial score (nSPS) is 15.0. The van der Waals surface area contributed by atoms with Gasteiger partial charge in [0.25, 0.3) is 0 Å². The summed E-state index contributed by atoms with van der Waals surface area (Å²) in [6.45, 7) is 1.34. The van der Waals surface area contributed by atoms with E-state index >= 15 is 0 Å². The third-order valence-electron chi connectivity index (χ3n) is 5.97. The predicted molar refractivity (Wildman–Crippen MR) is 144 cm³/mol. The highest BCUT2D eigenvalue weighted by molar-refractivity contribution is 9.11. The zero-order chi connectivity index (χ0) is 24.8. The van der Waals surface area contributed by atoms with Crippen molar-refractivity contribution in [2.75, 3.05) is 26.2 Å². The highest BCUT2D eigenvalue weighted by atomic mass is 79.9. The van der Waals surface area contributed by atoms with E-state index in [4.69, 9.17) is 4.74 Å². The molecule has 184 valence electrons. The molecule has 6 nitrogen and oxygen atoms in total. The molecule has 1 aliphatic rings. The lowest BCUT2D eigenvalue weighted by atomic mass is 9.97. The van der Waals surface area contributed by atoms with E-state index in [9.17, 15) is 13.2 Å². The Kier molecular flexibility index (Phi) is 8.64. The quantitative estimate of drug-likeness (QED) is 0.338. The van der Waals surface area contributed by atoms with Gasteiger partial charge in [-0.3, -0.25) is 4.79 Å². The molecule has 0 aromatic heterocycles. The van der Waals surface area contributed by atoms with Crippen LogP contribution >= 0.6 is 31.9 Å². The SMILES string of the molecule is O=C(NCCOc1ccccc1-c1ccccc1)C1CCN(S(=O)(=O)c2cc(Br)ccc2Br)CC1. The number of piperidine rings is 1. The fraction of sp³-hybridized carbons (Fsp3) is 0.269. The maximum atomic E-state index is 13.1. The molecule has 1 saturated heterocycles. The maximum absolute atomic E-state index is 13.1. The number of amides is 1. The van der Waals surface area contributed by atoms with Crippen molar-refractivity contribution >= 4 is 47.8 Å². The summed E-state index contributed by atoms with van der Waals surface area (Å²) in [6, 6.07) is 22.9. The van der Waals surface area contributed by atoms with Crippen molar-refractivity contribution in [3.8, 4) is 16.9 Å². The highest BCUT2D eigenvalue weighted by Crippen LogP contribution is 2.31. The number of nitrogens with zero attached hydrogens (tertiary/aromatic N) is 1. The Hall–Kier alpha value is -2.20. The Morgan fingerprint density at radius 2 is 1.66 bits per heavy atom. The largest absolute Gasteiger partial charge is 0.491 e. The van der Waals surface area contributed by atoms with Crippen LogP contribution < -0.4 is 10.1 Å². The average Bonchev–Trinajstić information content (AvgIpc) is 2.88. The van der Waals surface area contributed by atoms with Crippen LogP contribution in [-0.4, -0.2) is 44.9 Å². The summed E-state index contributed by atoms with van der Waals surface area (Å²) in [6.07, 6.45) is 0.961. The van der Waals surface area contributed by atoms with Crippen molar-refractivity contribution in [2.45, 2.75) is 17.7 Å². The summed E-state index contributed by atoms with van der Waals surface area (Å²) in [5.74, 6) is 0.486. The number of benzene rings is 3. The molecule has 0 bridgehead atoms. The first-order valence-corrected chi connectivity index (χ1v) is 14.4. The Morgan fingerprint density at radius 1 is 0.971 bits per heavy atom. The van der Waals surface area contributed by atoms with Gasteiger partial charge in [0.05, 0.1) is 11.4 Å². The van der Waals surface area contributed by atoms with Crippen LogP contribution in [0.15, 0.2) is 86.6 Å². The molecule has 1 heterocycles. The second-order valence-corrected chi connectivity index (χ2v) is 11.9. The molecule has 9 heteroatoms. The molecule has 0 radical (unpaired) electrons. The summed E-state index contributed by atoms with van der Waals surface area (Å²) in [4.78, 5) is 12.9. The van der Waals surface area contributed by atoms with E-state index in [0.29, 0.717) is 48.0 Å². The summed E-state index contributed by atoms with van der Waals surface area (Å²) >= 11 is 6.67. The maximum Gasteiger partial charge on any atom is 0.244 e. The second-order valence-electron chi connectivity index (χ2n) is 8.25. The molecule has 4 rings (SSSR count). The van der Waals surface area contributed by atoms with Gasteiger partial charge in [-0.25, -0.2) is 8.42 Å². The smallest absolute Gasteiger partial charge is 0.244 e. The molecule has 0 spiro atoms. The Balaban J connectivity index is 1.27. The minimum Gasteiger partial charge on any atom is -0.491 e. The number of hydrogen-bond acceptors (Lipinski definition) is 4. The predicted octanol–water partition coefficient (Wildman–Crippen LogP) is 5.47. The van der Waals surface area contributed by atoms with E-state index in [2.05, 4.69) is 37.2 Å². The number of sulfonamides is 1. The van der Waals surface area contributed by atoms with Gasteiger partial charge in [-0.15, -0.1) is 0 Å². The van der Waals surface area contributed by atoms with E-state index < -0.39 is 10.0 Å². The van der Waals surface area contributed by atoms with Crippen LogP contribution in [0.4, 0.5) is 0 Å². The second kappa shape index (κ2) is 11.7. The van der Waals surface area contributed by atoms with E-state index in [1.165, 1.54) is 4.31 Å². The first kappa shape index (κ1) is 25.9. The van der Waals surface area contributed by atoms with Crippen LogP contribution in [0, 0.1) is 5.92 Å². The first-order chi connectivity index (χ1) is 16.9. The minimum atomic E-state index is -3.64. The molecule has 3 aromatic carbocycles. The van der Waals surface area contributed by atoms with Gasteiger partial charge in [0.2, 0.25) is 15.9 Å². The molecule has 1 fully saturated rings. The summed E-state index contributed by atoms with van der Waals surface area (Å²) in [5, 5.41) is 2.94. The molecule has 0 aliphatic carbocycles. The third kappa shape index (κ3) is 6.33. The van der Waals surface area contributed by atoms with Gasteiger partial charge in [0, 0.05) is 33.5 Å². The lowest BCUT2D eigenvalue weighted by molar-refractivity contribution is -0.126. The molecule has 0 saturated carbocycles. The monoisotopic (exact) mass is 620 g/mol. The summed E-state index contributed by atoms with van der Waals surface area (Å²) < 4.78 is 34.8. The van der Waals surface area contributed by atoms with Crippen molar-refractivity contribution in [2.24, 2.45) is 5.92 Å². The van der Waals surface area contributed by atoms with Gasteiger partial charge in [-0.2, -0.15) is 4.31 Å². The van der Waals surface area contributed by atoms with Gasteiger partial charge >= 0.3 is 0 Å².